The van der Waals surface area contributed by atoms with E-state index < -0.39 is 15.3 Å². The number of amides is 1. The molecule has 1 saturated carbocycles. The maximum atomic E-state index is 13.0. The quantitative estimate of drug-likeness (QED) is 0.360. The van der Waals surface area contributed by atoms with Crippen molar-refractivity contribution in [2.24, 2.45) is 0 Å². The SMILES string of the molecule is COC1=Cc2cc(Nc3n[nH]c4cc([C@@H]5C[C@@]56C(=O)Nc5ccc(OC)cc56)ccc34)ccc2S1(=O)=O. The Kier molecular flexibility index (Phi) is 4.36. The number of nitrogens with zero attached hydrogens (tertiary/aromatic N) is 1. The second kappa shape index (κ2) is 7.36. The van der Waals surface area contributed by atoms with Crippen LogP contribution in [0.3, 0.4) is 0 Å². The Labute approximate surface area is 212 Å². The van der Waals surface area contributed by atoms with Crippen LogP contribution in [0.15, 0.2) is 64.6 Å². The van der Waals surface area contributed by atoms with Gasteiger partial charge >= 0.3 is 0 Å². The zero-order valence-electron chi connectivity index (χ0n) is 20.0. The number of sulfone groups is 1. The lowest BCUT2D eigenvalue weighted by molar-refractivity contribution is -0.118. The second-order valence-corrected chi connectivity index (χ2v) is 11.4. The van der Waals surface area contributed by atoms with E-state index in [0.29, 0.717) is 17.1 Å². The number of carbonyl (C=O) groups excluding carboxylic acids is 1. The van der Waals surface area contributed by atoms with Crippen molar-refractivity contribution in [3.05, 3.63) is 76.4 Å². The number of ether oxygens (including phenoxy) is 2. The van der Waals surface area contributed by atoms with Crippen LogP contribution in [0.5, 0.6) is 5.75 Å². The van der Waals surface area contributed by atoms with Gasteiger partial charge in [-0.15, -0.1) is 0 Å². The molecule has 3 aromatic carbocycles. The lowest BCUT2D eigenvalue weighted by Crippen LogP contribution is -2.21. The van der Waals surface area contributed by atoms with Crippen LogP contribution in [0.1, 0.15) is 29.0 Å². The average molecular weight is 515 g/mol. The zero-order chi connectivity index (χ0) is 25.5. The second-order valence-electron chi connectivity index (χ2n) is 9.52. The molecule has 7 rings (SSSR count). The summed E-state index contributed by atoms with van der Waals surface area (Å²) in [5.74, 6) is 1.44. The third kappa shape index (κ3) is 2.99. The number of benzene rings is 3. The molecule has 0 unspecified atom stereocenters. The highest BCUT2D eigenvalue weighted by Gasteiger charge is 2.65. The first-order valence-electron chi connectivity index (χ1n) is 11.7. The van der Waals surface area contributed by atoms with E-state index in [-0.39, 0.29) is 21.8 Å². The van der Waals surface area contributed by atoms with Gasteiger partial charge in [-0.2, -0.15) is 5.10 Å². The Hall–Kier alpha value is -4.31. The number of anilines is 3. The van der Waals surface area contributed by atoms with E-state index in [2.05, 4.69) is 20.8 Å². The Bertz CT molecular complexity index is 1790. The topological polar surface area (TPSA) is 122 Å². The summed E-state index contributed by atoms with van der Waals surface area (Å²) >= 11 is 0. The standard InChI is InChI=1S/C27H22N4O5S/c1-35-17-5-7-21-19(12-17)27(26(32)29-21)13-20(27)14-3-6-18-22(10-14)30-31-25(18)28-16-4-8-23-15(9-16)11-24(36-2)37(23,33)34/h3-12,20H,13H2,1-2H3,(H,29,32)(H2,28,30,31)/t20-,27-/m0/s1. The number of methoxy groups -OCH3 is 2. The Morgan fingerprint density at radius 1 is 1.05 bits per heavy atom. The van der Waals surface area contributed by atoms with Crippen LogP contribution < -0.4 is 15.4 Å². The fourth-order valence-electron chi connectivity index (χ4n) is 5.65. The number of hydrogen-bond acceptors (Lipinski definition) is 7. The molecule has 9 nitrogen and oxygen atoms in total. The molecule has 3 N–H and O–H groups in total. The van der Waals surface area contributed by atoms with Crippen molar-refractivity contribution in [3.63, 3.8) is 0 Å². The van der Waals surface area contributed by atoms with Gasteiger partial charge in [-0.1, -0.05) is 6.07 Å². The number of nitrogens with one attached hydrogen (secondary N) is 3. The number of aromatic amines is 1. The summed E-state index contributed by atoms with van der Waals surface area (Å²) in [6.45, 7) is 0. The first-order chi connectivity index (χ1) is 17.8. The minimum atomic E-state index is -3.60. The normalized spacial score (nSPS) is 22.4. The summed E-state index contributed by atoms with van der Waals surface area (Å²) < 4.78 is 35.3. The highest BCUT2D eigenvalue weighted by molar-refractivity contribution is 7.95. The molecule has 1 aromatic heterocycles. The number of fused-ring (bicyclic) bond motifs is 4. The van der Waals surface area contributed by atoms with Crippen LogP contribution in [-0.2, 0) is 24.8 Å². The van der Waals surface area contributed by atoms with Gasteiger partial charge in [-0.25, -0.2) is 8.42 Å². The average Bonchev–Trinajstić information content (AvgIpc) is 3.34. The van der Waals surface area contributed by atoms with Gasteiger partial charge < -0.3 is 20.1 Å². The predicted molar refractivity (Wildman–Crippen MR) is 139 cm³/mol. The van der Waals surface area contributed by atoms with Gasteiger partial charge in [0.15, 0.2) is 5.82 Å². The molecular weight excluding hydrogens is 492 g/mol. The van der Waals surface area contributed by atoms with Crippen LogP contribution in [0, 0.1) is 0 Å². The molecule has 1 spiro atoms. The number of aromatic nitrogens is 2. The fourth-order valence-corrected chi connectivity index (χ4v) is 7.04. The van der Waals surface area contributed by atoms with Gasteiger partial charge in [-0.05, 0) is 66.1 Å². The predicted octanol–water partition coefficient (Wildman–Crippen LogP) is 4.42. The van der Waals surface area contributed by atoms with E-state index in [1.165, 1.54) is 13.2 Å². The van der Waals surface area contributed by atoms with E-state index in [1.54, 1.807) is 25.3 Å². The van der Waals surface area contributed by atoms with Gasteiger partial charge in [0.2, 0.25) is 20.8 Å². The molecule has 0 bridgehead atoms. The molecule has 3 heterocycles. The van der Waals surface area contributed by atoms with Gasteiger partial charge in [-0.3, -0.25) is 9.89 Å². The number of rotatable bonds is 5. The van der Waals surface area contributed by atoms with Crippen LogP contribution in [0.2, 0.25) is 0 Å². The molecule has 37 heavy (non-hydrogen) atoms. The van der Waals surface area contributed by atoms with E-state index in [1.807, 2.05) is 36.4 Å². The van der Waals surface area contributed by atoms with E-state index in [4.69, 9.17) is 9.47 Å². The minimum absolute atomic E-state index is 0.0251. The van der Waals surface area contributed by atoms with Crippen molar-refractivity contribution in [1.29, 1.82) is 0 Å². The molecule has 2 aliphatic heterocycles. The molecule has 1 fully saturated rings. The van der Waals surface area contributed by atoms with Gasteiger partial charge in [0.05, 0.1) is 30.0 Å². The number of hydrogen-bond donors (Lipinski definition) is 3. The van der Waals surface area contributed by atoms with Crippen molar-refractivity contribution in [1.82, 2.24) is 10.2 Å². The largest absolute Gasteiger partial charge is 0.497 e. The Balaban J connectivity index is 1.18. The summed E-state index contributed by atoms with van der Waals surface area (Å²) in [6, 6.07) is 16.8. The van der Waals surface area contributed by atoms with Crippen LogP contribution >= 0.6 is 0 Å². The van der Waals surface area contributed by atoms with Gasteiger partial charge in [0.1, 0.15) is 5.75 Å². The monoisotopic (exact) mass is 514 g/mol. The molecule has 4 aromatic rings. The summed E-state index contributed by atoms with van der Waals surface area (Å²) in [4.78, 5) is 13.2. The van der Waals surface area contributed by atoms with Crippen molar-refractivity contribution in [3.8, 4) is 5.75 Å². The lowest BCUT2D eigenvalue weighted by atomic mass is 9.91. The highest BCUT2D eigenvalue weighted by atomic mass is 32.2. The molecule has 1 aliphatic carbocycles. The maximum absolute atomic E-state index is 13.0. The minimum Gasteiger partial charge on any atom is -0.497 e. The lowest BCUT2D eigenvalue weighted by Gasteiger charge is -2.10. The van der Waals surface area contributed by atoms with Crippen LogP contribution in [0.25, 0.3) is 17.0 Å². The first kappa shape index (κ1) is 21.9. The molecule has 0 saturated heterocycles. The Morgan fingerprint density at radius 2 is 1.92 bits per heavy atom. The van der Waals surface area contributed by atoms with Crippen molar-refractivity contribution in [2.45, 2.75) is 22.6 Å². The maximum Gasteiger partial charge on any atom is 0.239 e. The third-order valence-corrected chi connectivity index (χ3v) is 9.38. The smallest absolute Gasteiger partial charge is 0.239 e. The van der Waals surface area contributed by atoms with Crippen LogP contribution in [-0.4, -0.2) is 38.7 Å². The van der Waals surface area contributed by atoms with Crippen molar-refractivity contribution < 1.29 is 22.7 Å². The number of H-pyrrole nitrogens is 1. The van der Waals surface area contributed by atoms with E-state index in [9.17, 15) is 13.2 Å². The Morgan fingerprint density at radius 3 is 2.73 bits per heavy atom. The van der Waals surface area contributed by atoms with Gasteiger partial charge in [0.25, 0.3) is 0 Å². The molecule has 10 heteroatoms. The summed E-state index contributed by atoms with van der Waals surface area (Å²) in [5, 5.41) is 14.6. The summed E-state index contributed by atoms with van der Waals surface area (Å²) in [6.07, 6.45) is 2.25. The van der Waals surface area contributed by atoms with Crippen LogP contribution in [0.4, 0.5) is 17.2 Å². The summed E-state index contributed by atoms with van der Waals surface area (Å²) in [5.41, 5.74) is 4.43. The fraction of sp³-hybridized carbons (Fsp3) is 0.185. The van der Waals surface area contributed by atoms with Gasteiger partial charge in [0, 0.05) is 34.3 Å². The molecule has 3 aliphatic rings. The zero-order valence-corrected chi connectivity index (χ0v) is 20.8. The summed E-state index contributed by atoms with van der Waals surface area (Å²) in [7, 11) is -0.631. The number of carbonyl (C=O) groups is 1. The van der Waals surface area contributed by atoms with E-state index >= 15 is 0 Å². The van der Waals surface area contributed by atoms with Crippen molar-refractivity contribution in [2.75, 3.05) is 24.9 Å². The van der Waals surface area contributed by atoms with Crippen molar-refractivity contribution >= 4 is 49.9 Å². The first-order valence-corrected chi connectivity index (χ1v) is 13.2. The highest BCUT2D eigenvalue weighted by Crippen LogP contribution is 2.65. The molecular formula is C27H22N4O5S. The third-order valence-electron chi connectivity index (χ3n) is 7.61. The molecule has 186 valence electrons. The molecule has 0 radical (unpaired) electrons. The molecule has 1 amide bonds. The molecule has 2 atom stereocenters. The van der Waals surface area contributed by atoms with E-state index in [0.717, 1.165) is 39.9 Å².